The quantitative estimate of drug-likeness (QED) is 0.510. The molecule has 0 aromatic carbocycles. The fourth-order valence-electron chi connectivity index (χ4n) is 0.881. The lowest BCUT2D eigenvalue weighted by molar-refractivity contribution is -0.139. The Balaban J connectivity index is 2.39. The van der Waals surface area contributed by atoms with E-state index in [1.54, 1.807) is 0 Å². The molecule has 0 radical (unpaired) electrons. The van der Waals surface area contributed by atoms with E-state index in [0.29, 0.717) is 3.92 Å². The number of aliphatic carboxylic acids is 1. The highest BCUT2D eigenvalue weighted by molar-refractivity contribution is 14.1. The second-order valence-electron chi connectivity index (χ2n) is 2.13. The molecule has 9 heavy (non-hydrogen) atoms. The van der Waals surface area contributed by atoms with Crippen molar-refractivity contribution >= 4 is 28.6 Å². The molecule has 2 N–H and O–H groups in total. The van der Waals surface area contributed by atoms with Gasteiger partial charge < -0.3 is 10.4 Å². The predicted octanol–water partition coefficient (Wildman–Crippen LogP) is 0.236. The summed E-state index contributed by atoms with van der Waals surface area (Å²) in [6.07, 6.45) is 0.760. The summed E-state index contributed by atoms with van der Waals surface area (Å²) in [4.78, 5) is 10.3. The third-order valence-electron chi connectivity index (χ3n) is 1.38. The van der Waals surface area contributed by atoms with Crippen molar-refractivity contribution in [3.05, 3.63) is 0 Å². The summed E-state index contributed by atoms with van der Waals surface area (Å²) in [6, 6.07) is -0.299. The first kappa shape index (κ1) is 7.27. The second-order valence-corrected chi connectivity index (χ2v) is 3.89. The van der Waals surface area contributed by atoms with Crippen molar-refractivity contribution in [3.63, 3.8) is 0 Å². The van der Waals surface area contributed by atoms with Crippen LogP contribution in [0.4, 0.5) is 0 Å². The Morgan fingerprint density at radius 2 is 2.44 bits per heavy atom. The fraction of sp³-hybridized carbons (Fsp3) is 0.800. The van der Waals surface area contributed by atoms with Gasteiger partial charge in [-0.15, -0.1) is 0 Å². The summed E-state index contributed by atoms with van der Waals surface area (Å²) in [5.74, 6) is -0.728. The van der Waals surface area contributed by atoms with E-state index in [4.69, 9.17) is 5.11 Å². The Hall–Kier alpha value is 0.160. The van der Waals surface area contributed by atoms with Gasteiger partial charge in [-0.25, -0.2) is 0 Å². The summed E-state index contributed by atoms with van der Waals surface area (Å²) in [5.41, 5.74) is 0. The van der Waals surface area contributed by atoms with Gasteiger partial charge >= 0.3 is 5.97 Å². The molecule has 0 aromatic heterocycles. The summed E-state index contributed by atoms with van der Waals surface area (Å²) in [6.45, 7) is 0.831. The molecule has 1 fully saturated rings. The normalized spacial score (nSPS) is 34.8. The number of nitrogens with one attached hydrogen (secondary N) is 1. The number of alkyl halides is 1. The maximum absolute atomic E-state index is 10.3. The van der Waals surface area contributed by atoms with Crippen molar-refractivity contribution in [1.29, 1.82) is 0 Å². The number of carboxylic acids is 1. The number of carboxylic acid groups (broad SMARTS) is 1. The Kier molecular flexibility index (Phi) is 2.29. The molecule has 0 aromatic rings. The Bertz CT molecular complexity index is 128. The van der Waals surface area contributed by atoms with Gasteiger partial charge in [-0.1, -0.05) is 22.6 Å². The molecule has 0 unspecified atom stereocenters. The first-order valence-corrected chi connectivity index (χ1v) is 4.05. The molecule has 4 heteroatoms. The topological polar surface area (TPSA) is 49.3 Å². The van der Waals surface area contributed by atoms with Gasteiger partial charge in [0.25, 0.3) is 0 Å². The average Bonchev–Trinajstić information content (AvgIpc) is 2.14. The largest absolute Gasteiger partial charge is 0.480 e. The molecule has 1 aliphatic heterocycles. The molecular formula is C5H8INO2. The standard InChI is InChI=1S/C5H8INO2/c6-3-1-4(5(8)9)7-2-3/h3-4,7H,1-2H2,(H,8,9)/t3-,4-/m1/s1. The van der Waals surface area contributed by atoms with E-state index >= 15 is 0 Å². The number of rotatable bonds is 1. The molecule has 52 valence electrons. The minimum absolute atomic E-state index is 0.299. The lowest BCUT2D eigenvalue weighted by Crippen LogP contribution is -2.29. The van der Waals surface area contributed by atoms with E-state index in [0.717, 1.165) is 13.0 Å². The van der Waals surface area contributed by atoms with E-state index in [2.05, 4.69) is 27.9 Å². The number of hydrogen-bond acceptors (Lipinski definition) is 2. The summed E-state index contributed by atoms with van der Waals surface area (Å²) in [5, 5.41) is 11.4. The summed E-state index contributed by atoms with van der Waals surface area (Å²) >= 11 is 2.25. The third-order valence-corrected chi connectivity index (χ3v) is 2.32. The van der Waals surface area contributed by atoms with Gasteiger partial charge in [-0.2, -0.15) is 0 Å². The number of hydrogen-bond donors (Lipinski definition) is 2. The summed E-state index contributed by atoms with van der Waals surface area (Å²) < 4.78 is 0.490. The van der Waals surface area contributed by atoms with Crippen LogP contribution in [0.15, 0.2) is 0 Å². The zero-order valence-electron chi connectivity index (χ0n) is 4.80. The van der Waals surface area contributed by atoms with Crippen LogP contribution in [0.25, 0.3) is 0 Å². The molecule has 1 aliphatic rings. The zero-order chi connectivity index (χ0) is 6.85. The number of carbonyl (C=O) groups is 1. The molecule has 0 saturated carbocycles. The minimum Gasteiger partial charge on any atom is -0.480 e. The SMILES string of the molecule is O=C(O)[C@H]1C[C@@H](I)CN1. The zero-order valence-corrected chi connectivity index (χ0v) is 6.96. The van der Waals surface area contributed by atoms with Crippen molar-refractivity contribution in [2.24, 2.45) is 0 Å². The van der Waals surface area contributed by atoms with Gasteiger partial charge in [-0.05, 0) is 6.42 Å². The third kappa shape index (κ3) is 1.79. The van der Waals surface area contributed by atoms with Crippen molar-refractivity contribution in [1.82, 2.24) is 5.32 Å². The van der Waals surface area contributed by atoms with Crippen LogP contribution in [-0.4, -0.2) is 27.6 Å². The summed E-state index contributed by atoms with van der Waals surface area (Å²) in [7, 11) is 0. The molecule has 0 bridgehead atoms. The molecular weight excluding hydrogens is 233 g/mol. The average molecular weight is 241 g/mol. The van der Waals surface area contributed by atoms with Crippen LogP contribution in [0, 0.1) is 0 Å². The van der Waals surface area contributed by atoms with Gasteiger partial charge in [0, 0.05) is 10.5 Å². The highest BCUT2D eigenvalue weighted by Crippen LogP contribution is 2.14. The van der Waals surface area contributed by atoms with Crippen molar-refractivity contribution in [3.8, 4) is 0 Å². The Morgan fingerprint density at radius 3 is 2.67 bits per heavy atom. The van der Waals surface area contributed by atoms with Crippen LogP contribution in [0.5, 0.6) is 0 Å². The van der Waals surface area contributed by atoms with Crippen LogP contribution in [0.2, 0.25) is 0 Å². The molecule has 1 rings (SSSR count). The molecule has 1 heterocycles. The first-order valence-electron chi connectivity index (χ1n) is 2.80. The van der Waals surface area contributed by atoms with E-state index < -0.39 is 5.97 Å². The van der Waals surface area contributed by atoms with Crippen LogP contribution < -0.4 is 5.32 Å². The van der Waals surface area contributed by atoms with Gasteiger partial charge in [0.05, 0.1) is 0 Å². The second kappa shape index (κ2) is 2.83. The van der Waals surface area contributed by atoms with Gasteiger partial charge in [0.2, 0.25) is 0 Å². The lowest BCUT2D eigenvalue weighted by atomic mass is 10.2. The molecule has 1 saturated heterocycles. The van der Waals surface area contributed by atoms with Gasteiger partial charge in [0.15, 0.2) is 0 Å². The van der Waals surface area contributed by atoms with E-state index in [9.17, 15) is 4.79 Å². The first-order chi connectivity index (χ1) is 4.20. The molecule has 0 spiro atoms. The van der Waals surface area contributed by atoms with Gasteiger partial charge in [-0.3, -0.25) is 4.79 Å². The van der Waals surface area contributed by atoms with Crippen molar-refractivity contribution in [2.75, 3.05) is 6.54 Å². The van der Waals surface area contributed by atoms with Gasteiger partial charge in [0.1, 0.15) is 6.04 Å². The van der Waals surface area contributed by atoms with Crippen LogP contribution >= 0.6 is 22.6 Å². The molecule has 2 atom stereocenters. The van der Waals surface area contributed by atoms with E-state index in [-0.39, 0.29) is 6.04 Å². The van der Waals surface area contributed by atoms with Crippen molar-refractivity contribution in [2.45, 2.75) is 16.4 Å². The lowest BCUT2D eigenvalue weighted by Gasteiger charge is -1.99. The van der Waals surface area contributed by atoms with Crippen molar-refractivity contribution < 1.29 is 9.90 Å². The molecule has 0 aliphatic carbocycles. The Labute approximate surface area is 67.0 Å². The van der Waals surface area contributed by atoms with E-state index in [1.165, 1.54) is 0 Å². The molecule has 3 nitrogen and oxygen atoms in total. The van der Waals surface area contributed by atoms with E-state index in [1.807, 2.05) is 0 Å². The fourth-order valence-corrected chi connectivity index (χ4v) is 1.64. The van der Waals surface area contributed by atoms with Crippen LogP contribution in [0.3, 0.4) is 0 Å². The Morgan fingerprint density at radius 1 is 1.78 bits per heavy atom. The number of halogens is 1. The monoisotopic (exact) mass is 241 g/mol. The maximum Gasteiger partial charge on any atom is 0.320 e. The molecule has 0 amide bonds. The highest BCUT2D eigenvalue weighted by Gasteiger charge is 2.26. The van der Waals surface area contributed by atoms with Crippen LogP contribution in [-0.2, 0) is 4.79 Å². The highest BCUT2D eigenvalue weighted by atomic mass is 127. The minimum atomic E-state index is -0.728. The smallest absolute Gasteiger partial charge is 0.320 e. The maximum atomic E-state index is 10.3. The predicted molar refractivity (Wildman–Crippen MR) is 41.9 cm³/mol. The van der Waals surface area contributed by atoms with Crippen LogP contribution in [0.1, 0.15) is 6.42 Å².